The number of halogens is 1. The second kappa shape index (κ2) is 3.77. The lowest BCUT2D eigenvalue weighted by molar-refractivity contribution is 0.0904. The molecule has 0 spiro atoms. The molecular formula is C11H10BrNO2. The van der Waals surface area contributed by atoms with Gasteiger partial charge in [0, 0.05) is 10.4 Å². The maximum absolute atomic E-state index is 11.8. The molecule has 0 radical (unpaired) electrons. The van der Waals surface area contributed by atoms with Gasteiger partial charge in [0.2, 0.25) is 11.5 Å². The number of carbonyl (C=O) groups is 1. The van der Waals surface area contributed by atoms with E-state index in [1.807, 2.05) is 32.0 Å². The van der Waals surface area contributed by atoms with E-state index in [1.54, 1.807) is 0 Å². The fourth-order valence-corrected chi connectivity index (χ4v) is 1.71. The molecule has 0 bridgehead atoms. The molecule has 78 valence electrons. The molecule has 0 atom stereocenters. The highest BCUT2D eigenvalue weighted by molar-refractivity contribution is 9.10. The number of rotatable bonds is 2. The summed E-state index contributed by atoms with van der Waals surface area (Å²) in [6, 6.07) is 5.54. The van der Waals surface area contributed by atoms with Crippen LogP contribution in [0.5, 0.6) is 0 Å². The minimum Gasteiger partial charge on any atom is -0.352 e. The summed E-state index contributed by atoms with van der Waals surface area (Å²) in [6.07, 6.45) is 0. The van der Waals surface area contributed by atoms with Crippen molar-refractivity contribution in [3.8, 4) is 0 Å². The van der Waals surface area contributed by atoms with Crippen LogP contribution in [-0.4, -0.2) is 10.9 Å². The summed E-state index contributed by atoms with van der Waals surface area (Å²) in [7, 11) is 0. The Balaban J connectivity index is 2.59. The second-order valence-corrected chi connectivity index (χ2v) is 4.61. The van der Waals surface area contributed by atoms with Crippen LogP contribution in [0.2, 0.25) is 0 Å². The van der Waals surface area contributed by atoms with E-state index < -0.39 is 0 Å². The first-order chi connectivity index (χ1) is 7.09. The van der Waals surface area contributed by atoms with E-state index in [0.29, 0.717) is 11.3 Å². The zero-order valence-corrected chi connectivity index (χ0v) is 10.0. The fraction of sp³-hybridized carbons (Fsp3) is 0.273. The standard InChI is InChI=1S/C11H10BrNO2/c1-6(2)10(14)11-8-4-3-7(12)5-9(8)13-15-11/h3-6H,1-2H3. The Morgan fingerprint density at radius 2 is 2.20 bits per heavy atom. The molecule has 15 heavy (non-hydrogen) atoms. The Kier molecular flexibility index (Phi) is 2.61. The smallest absolute Gasteiger partial charge is 0.210 e. The van der Waals surface area contributed by atoms with E-state index in [0.717, 1.165) is 9.86 Å². The van der Waals surface area contributed by atoms with Crippen molar-refractivity contribution < 1.29 is 9.32 Å². The topological polar surface area (TPSA) is 43.1 Å². The zero-order valence-electron chi connectivity index (χ0n) is 8.45. The molecule has 0 aliphatic rings. The van der Waals surface area contributed by atoms with Crippen LogP contribution in [0.15, 0.2) is 27.2 Å². The molecule has 0 N–H and O–H groups in total. The van der Waals surface area contributed by atoms with Gasteiger partial charge in [-0.05, 0) is 18.2 Å². The van der Waals surface area contributed by atoms with Crippen molar-refractivity contribution in [3.05, 3.63) is 28.4 Å². The van der Waals surface area contributed by atoms with Gasteiger partial charge in [0.05, 0.1) is 5.39 Å². The number of ketones is 1. The first-order valence-corrected chi connectivity index (χ1v) is 5.48. The van der Waals surface area contributed by atoms with Gasteiger partial charge in [-0.1, -0.05) is 34.9 Å². The van der Waals surface area contributed by atoms with Crippen molar-refractivity contribution in [2.45, 2.75) is 13.8 Å². The minimum absolute atomic E-state index is 0.0141. The van der Waals surface area contributed by atoms with Gasteiger partial charge in [0.1, 0.15) is 5.52 Å². The van der Waals surface area contributed by atoms with E-state index in [4.69, 9.17) is 4.52 Å². The molecule has 0 aliphatic heterocycles. The highest BCUT2D eigenvalue weighted by Gasteiger charge is 2.19. The van der Waals surface area contributed by atoms with Crippen molar-refractivity contribution in [2.75, 3.05) is 0 Å². The number of aromatic nitrogens is 1. The van der Waals surface area contributed by atoms with E-state index in [1.165, 1.54) is 0 Å². The normalized spacial score (nSPS) is 11.2. The SMILES string of the molecule is CC(C)C(=O)c1onc2cc(Br)ccc12. The molecule has 1 aromatic heterocycles. The van der Waals surface area contributed by atoms with Gasteiger partial charge in [0.15, 0.2) is 0 Å². The van der Waals surface area contributed by atoms with E-state index in [-0.39, 0.29) is 11.7 Å². The molecular weight excluding hydrogens is 258 g/mol. The van der Waals surface area contributed by atoms with Gasteiger partial charge < -0.3 is 4.52 Å². The summed E-state index contributed by atoms with van der Waals surface area (Å²) in [5.41, 5.74) is 0.702. The third-order valence-electron chi connectivity index (χ3n) is 2.19. The molecule has 2 rings (SSSR count). The average Bonchev–Trinajstić information content (AvgIpc) is 2.59. The molecule has 1 aromatic carbocycles. The first kappa shape index (κ1) is 10.4. The maximum atomic E-state index is 11.8. The molecule has 0 saturated carbocycles. The number of nitrogens with zero attached hydrogens (tertiary/aromatic N) is 1. The molecule has 1 heterocycles. The second-order valence-electron chi connectivity index (χ2n) is 3.69. The minimum atomic E-state index is -0.0789. The molecule has 0 aliphatic carbocycles. The van der Waals surface area contributed by atoms with Gasteiger partial charge in [-0.2, -0.15) is 0 Å². The Labute approximate surface area is 95.6 Å². The highest BCUT2D eigenvalue weighted by Crippen LogP contribution is 2.24. The van der Waals surface area contributed by atoms with E-state index in [2.05, 4.69) is 21.1 Å². The zero-order chi connectivity index (χ0) is 11.0. The van der Waals surface area contributed by atoms with Gasteiger partial charge in [-0.15, -0.1) is 0 Å². The van der Waals surface area contributed by atoms with Gasteiger partial charge in [0.25, 0.3) is 0 Å². The van der Waals surface area contributed by atoms with Gasteiger partial charge in [-0.3, -0.25) is 4.79 Å². The largest absolute Gasteiger partial charge is 0.352 e. The lowest BCUT2D eigenvalue weighted by Crippen LogP contribution is -2.06. The van der Waals surface area contributed by atoms with Crippen LogP contribution in [0.25, 0.3) is 10.9 Å². The van der Waals surface area contributed by atoms with E-state index >= 15 is 0 Å². The molecule has 4 heteroatoms. The summed E-state index contributed by atoms with van der Waals surface area (Å²) >= 11 is 3.34. The lowest BCUT2D eigenvalue weighted by Gasteiger charge is -1.98. The monoisotopic (exact) mass is 267 g/mol. The quantitative estimate of drug-likeness (QED) is 0.783. The van der Waals surface area contributed by atoms with Crippen LogP contribution in [0.4, 0.5) is 0 Å². The summed E-state index contributed by atoms with van der Waals surface area (Å²) in [5.74, 6) is 0.261. The number of hydrogen-bond donors (Lipinski definition) is 0. The van der Waals surface area contributed by atoms with Crippen LogP contribution in [0, 0.1) is 5.92 Å². The van der Waals surface area contributed by atoms with Crippen LogP contribution in [-0.2, 0) is 0 Å². The van der Waals surface area contributed by atoms with Crippen molar-refractivity contribution in [1.29, 1.82) is 0 Å². The summed E-state index contributed by atoms with van der Waals surface area (Å²) in [4.78, 5) is 11.8. The number of fused-ring (bicyclic) bond motifs is 1. The van der Waals surface area contributed by atoms with E-state index in [9.17, 15) is 4.79 Å². The molecule has 0 amide bonds. The first-order valence-electron chi connectivity index (χ1n) is 4.68. The van der Waals surface area contributed by atoms with Crippen LogP contribution < -0.4 is 0 Å². The predicted octanol–water partition coefficient (Wildman–Crippen LogP) is 3.43. The summed E-state index contributed by atoms with van der Waals surface area (Å²) in [5, 5.41) is 4.63. The van der Waals surface area contributed by atoms with Crippen molar-refractivity contribution in [2.24, 2.45) is 5.92 Å². The molecule has 0 unspecified atom stereocenters. The van der Waals surface area contributed by atoms with Crippen LogP contribution in [0.1, 0.15) is 24.4 Å². The van der Waals surface area contributed by atoms with Crippen molar-refractivity contribution in [3.63, 3.8) is 0 Å². The third kappa shape index (κ3) is 1.81. The summed E-state index contributed by atoms with van der Waals surface area (Å²) in [6.45, 7) is 3.69. The molecule has 0 saturated heterocycles. The lowest BCUT2D eigenvalue weighted by atomic mass is 10.0. The van der Waals surface area contributed by atoms with Crippen molar-refractivity contribution >= 4 is 32.6 Å². The highest BCUT2D eigenvalue weighted by atomic mass is 79.9. The maximum Gasteiger partial charge on any atom is 0.210 e. The molecule has 2 aromatic rings. The Morgan fingerprint density at radius 3 is 2.87 bits per heavy atom. The predicted molar refractivity (Wildman–Crippen MR) is 60.9 cm³/mol. The average molecular weight is 268 g/mol. The van der Waals surface area contributed by atoms with Gasteiger partial charge >= 0.3 is 0 Å². The van der Waals surface area contributed by atoms with Crippen molar-refractivity contribution in [1.82, 2.24) is 5.16 Å². The Morgan fingerprint density at radius 1 is 1.47 bits per heavy atom. The Bertz CT molecular complexity index is 516. The number of Topliss-reactive ketones (excluding diaryl/α,β-unsaturated/α-hetero) is 1. The molecule has 0 fully saturated rings. The summed E-state index contributed by atoms with van der Waals surface area (Å²) < 4.78 is 6.00. The number of benzene rings is 1. The fourth-order valence-electron chi connectivity index (χ4n) is 1.36. The number of carbonyl (C=O) groups excluding carboxylic acids is 1. The molecule has 3 nitrogen and oxygen atoms in total. The van der Waals surface area contributed by atoms with Crippen LogP contribution in [0.3, 0.4) is 0 Å². The number of hydrogen-bond acceptors (Lipinski definition) is 3. The van der Waals surface area contributed by atoms with Crippen LogP contribution >= 0.6 is 15.9 Å². The van der Waals surface area contributed by atoms with Gasteiger partial charge in [-0.25, -0.2) is 0 Å². The third-order valence-corrected chi connectivity index (χ3v) is 2.68. The Hall–Kier alpha value is -1.16.